The molecular weight excluding hydrogens is 401 g/mol. The molecule has 0 fully saturated rings. The summed E-state index contributed by atoms with van der Waals surface area (Å²) in [5.74, 6) is -1.00. The first kappa shape index (κ1) is 21.0. The van der Waals surface area contributed by atoms with E-state index in [4.69, 9.17) is 0 Å². The van der Waals surface area contributed by atoms with Crippen molar-refractivity contribution in [2.45, 2.75) is 6.54 Å². The van der Waals surface area contributed by atoms with E-state index < -0.39 is 22.3 Å². The van der Waals surface area contributed by atoms with Crippen molar-refractivity contribution in [3.63, 3.8) is 0 Å². The summed E-state index contributed by atoms with van der Waals surface area (Å²) in [5, 5.41) is 31.4. The van der Waals surface area contributed by atoms with Crippen molar-refractivity contribution in [1.82, 2.24) is 5.43 Å². The van der Waals surface area contributed by atoms with Gasteiger partial charge < -0.3 is 0 Å². The van der Waals surface area contributed by atoms with Crippen molar-refractivity contribution in [3.8, 4) is 12.1 Å². The smallest absolute Gasteiger partial charge is 0.274 e. The molecule has 1 N–H and O–H groups in total. The van der Waals surface area contributed by atoms with Gasteiger partial charge in [0.15, 0.2) is 0 Å². The molecule has 0 aliphatic carbocycles. The number of benzene rings is 3. The minimum atomic E-state index is -0.705. The minimum Gasteiger partial charge on any atom is -0.274 e. The van der Waals surface area contributed by atoms with Crippen LogP contribution in [0.3, 0.4) is 0 Å². The first-order chi connectivity index (χ1) is 14.9. The Morgan fingerprint density at radius 2 is 1.65 bits per heavy atom. The Morgan fingerprint density at radius 1 is 1.03 bits per heavy atom. The number of nitriles is 2. The zero-order chi connectivity index (χ0) is 22.4. The number of anilines is 1. The quantitative estimate of drug-likeness (QED) is 0.482. The molecule has 0 saturated carbocycles. The van der Waals surface area contributed by atoms with Gasteiger partial charge in [-0.25, -0.2) is 4.39 Å². The predicted octanol–water partition coefficient (Wildman–Crippen LogP) is 3.83. The van der Waals surface area contributed by atoms with Crippen molar-refractivity contribution in [2.75, 3.05) is 5.01 Å². The van der Waals surface area contributed by atoms with E-state index in [9.17, 15) is 29.8 Å². The summed E-state index contributed by atoms with van der Waals surface area (Å²) in [6.45, 7) is -0.0591. The lowest BCUT2D eigenvalue weighted by Gasteiger charge is -2.25. The van der Waals surface area contributed by atoms with Crippen LogP contribution in [0.5, 0.6) is 0 Å². The molecule has 3 aromatic carbocycles. The van der Waals surface area contributed by atoms with E-state index in [2.05, 4.69) is 5.43 Å². The highest BCUT2D eigenvalue weighted by Crippen LogP contribution is 2.31. The number of carbonyl (C=O) groups is 1. The van der Waals surface area contributed by atoms with Gasteiger partial charge in [-0.3, -0.25) is 25.3 Å². The van der Waals surface area contributed by atoms with Gasteiger partial charge in [-0.2, -0.15) is 10.5 Å². The van der Waals surface area contributed by atoms with E-state index in [1.807, 2.05) is 6.07 Å². The van der Waals surface area contributed by atoms with Gasteiger partial charge in [-0.1, -0.05) is 30.3 Å². The maximum atomic E-state index is 13.3. The molecule has 0 bridgehead atoms. The van der Waals surface area contributed by atoms with Gasteiger partial charge in [-0.05, 0) is 35.9 Å². The summed E-state index contributed by atoms with van der Waals surface area (Å²) in [6, 6.07) is 19.3. The summed E-state index contributed by atoms with van der Waals surface area (Å²) in [5.41, 5.74) is 2.66. The van der Waals surface area contributed by atoms with Crippen molar-refractivity contribution >= 4 is 17.3 Å². The van der Waals surface area contributed by atoms with Gasteiger partial charge >= 0.3 is 0 Å². The number of nitrogens with zero attached hydrogens (tertiary/aromatic N) is 4. The van der Waals surface area contributed by atoms with E-state index in [0.717, 1.165) is 6.07 Å². The molecule has 0 spiro atoms. The van der Waals surface area contributed by atoms with Gasteiger partial charge in [0, 0.05) is 11.6 Å². The van der Waals surface area contributed by atoms with Crippen LogP contribution >= 0.6 is 0 Å². The molecule has 0 aliphatic heterocycles. The number of hydrogen-bond acceptors (Lipinski definition) is 6. The fourth-order valence-electron chi connectivity index (χ4n) is 2.86. The van der Waals surface area contributed by atoms with Crippen LogP contribution in [-0.4, -0.2) is 10.8 Å². The summed E-state index contributed by atoms with van der Waals surface area (Å²) in [7, 11) is 0. The maximum Gasteiger partial charge on any atom is 0.295 e. The Labute approximate surface area is 176 Å². The SMILES string of the molecule is N#Cc1cc(N(Cc2ccc(F)cc2)NC(=O)c2ccccc2)c([N+](=O)[O-])cc1C#N. The number of rotatable bonds is 6. The molecule has 0 aromatic heterocycles. The summed E-state index contributed by atoms with van der Waals surface area (Å²) in [6.07, 6.45) is 0. The monoisotopic (exact) mass is 415 g/mol. The van der Waals surface area contributed by atoms with E-state index in [0.29, 0.717) is 11.1 Å². The van der Waals surface area contributed by atoms with Gasteiger partial charge in [0.2, 0.25) is 0 Å². The number of carbonyl (C=O) groups excluding carboxylic acids is 1. The largest absolute Gasteiger partial charge is 0.295 e. The van der Waals surface area contributed by atoms with Crippen LogP contribution in [0, 0.1) is 38.6 Å². The molecule has 0 unspecified atom stereocenters. The standard InChI is InChI=1S/C22H14FN5O3/c23-19-8-6-15(7-9-19)14-27(26-22(29)16-4-2-1-3-5-16)20-10-17(12-24)18(13-25)11-21(20)28(30)31/h1-11H,14H2,(H,26,29). The molecule has 152 valence electrons. The highest BCUT2D eigenvalue weighted by Gasteiger charge is 2.25. The van der Waals surface area contributed by atoms with Crippen molar-refractivity contribution in [1.29, 1.82) is 10.5 Å². The lowest BCUT2D eigenvalue weighted by molar-refractivity contribution is -0.384. The Bertz CT molecular complexity index is 1210. The van der Waals surface area contributed by atoms with E-state index in [1.54, 1.807) is 36.4 Å². The molecule has 31 heavy (non-hydrogen) atoms. The number of hydrazine groups is 1. The van der Waals surface area contributed by atoms with Gasteiger partial charge in [0.1, 0.15) is 23.6 Å². The van der Waals surface area contributed by atoms with E-state index in [1.165, 1.54) is 35.3 Å². The first-order valence-corrected chi connectivity index (χ1v) is 8.93. The van der Waals surface area contributed by atoms with Gasteiger partial charge in [0.05, 0.1) is 22.6 Å². The normalized spacial score (nSPS) is 9.90. The van der Waals surface area contributed by atoms with Crippen LogP contribution in [-0.2, 0) is 6.54 Å². The molecule has 0 aliphatic rings. The van der Waals surface area contributed by atoms with E-state index >= 15 is 0 Å². The Kier molecular flexibility index (Phi) is 6.19. The lowest BCUT2D eigenvalue weighted by atomic mass is 10.1. The van der Waals surface area contributed by atoms with Gasteiger partial charge in [-0.15, -0.1) is 0 Å². The minimum absolute atomic E-state index is 0.0591. The van der Waals surface area contributed by atoms with Crippen molar-refractivity contribution in [2.24, 2.45) is 0 Å². The van der Waals surface area contributed by atoms with Gasteiger partial charge in [0.25, 0.3) is 11.6 Å². The number of halogens is 1. The average Bonchev–Trinajstić information content (AvgIpc) is 2.79. The predicted molar refractivity (Wildman–Crippen MR) is 109 cm³/mol. The zero-order valence-corrected chi connectivity index (χ0v) is 15.9. The lowest BCUT2D eigenvalue weighted by Crippen LogP contribution is -2.42. The highest BCUT2D eigenvalue weighted by molar-refractivity contribution is 5.95. The highest BCUT2D eigenvalue weighted by atomic mass is 19.1. The second-order valence-electron chi connectivity index (χ2n) is 6.39. The zero-order valence-electron chi connectivity index (χ0n) is 15.9. The number of nitrogens with one attached hydrogen (secondary N) is 1. The number of nitro groups is 1. The fourth-order valence-corrected chi connectivity index (χ4v) is 2.86. The van der Waals surface area contributed by atoms with Crippen LogP contribution in [0.25, 0.3) is 0 Å². The molecule has 1 amide bonds. The first-order valence-electron chi connectivity index (χ1n) is 8.93. The number of nitro benzene ring substituents is 1. The van der Waals surface area contributed by atoms with Crippen LogP contribution < -0.4 is 10.4 Å². The molecule has 9 heteroatoms. The molecule has 0 atom stereocenters. The van der Waals surface area contributed by atoms with Crippen molar-refractivity contribution in [3.05, 3.63) is 105 Å². The fraction of sp³-hybridized carbons (Fsp3) is 0.0455. The molecule has 0 heterocycles. The summed E-state index contributed by atoms with van der Waals surface area (Å²) >= 11 is 0. The van der Waals surface area contributed by atoms with Crippen LogP contribution in [0.15, 0.2) is 66.7 Å². The average molecular weight is 415 g/mol. The van der Waals surface area contributed by atoms with E-state index in [-0.39, 0.29) is 23.4 Å². The van der Waals surface area contributed by atoms with Crippen LogP contribution in [0.4, 0.5) is 15.8 Å². The third kappa shape index (κ3) is 4.81. The van der Waals surface area contributed by atoms with Crippen molar-refractivity contribution < 1.29 is 14.1 Å². The number of amides is 1. The maximum absolute atomic E-state index is 13.3. The Hall–Kier alpha value is -4.76. The molecule has 3 aromatic rings. The molecular formula is C22H14FN5O3. The summed E-state index contributed by atoms with van der Waals surface area (Å²) in [4.78, 5) is 23.7. The molecule has 8 nitrogen and oxygen atoms in total. The molecule has 3 rings (SSSR count). The Balaban J connectivity index is 2.10. The Morgan fingerprint density at radius 3 is 2.23 bits per heavy atom. The molecule has 0 radical (unpaired) electrons. The topological polar surface area (TPSA) is 123 Å². The van der Waals surface area contributed by atoms with Crippen LogP contribution in [0.1, 0.15) is 27.0 Å². The third-order valence-electron chi connectivity index (χ3n) is 4.37. The second-order valence-corrected chi connectivity index (χ2v) is 6.39. The van der Waals surface area contributed by atoms with Crippen LogP contribution in [0.2, 0.25) is 0 Å². The summed E-state index contributed by atoms with van der Waals surface area (Å²) < 4.78 is 13.3. The third-order valence-corrected chi connectivity index (χ3v) is 4.37. The second kappa shape index (κ2) is 9.16. The number of hydrogen-bond donors (Lipinski definition) is 1. The molecule has 0 saturated heterocycles.